The number of anilines is 2. The van der Waals surface area contributed by atoms with E-state index in [0.29, 0.717) is 5.95 Å². The van der Waals surface area contributed by atoms with Crippen LogP contribution in [0, 0.1) is 13.8 Å². The summed E-state index contributed by atoms with van der Waals surface area (Å²) in [6.07, 6.45) is -0.0502. The Labute approximate surface area is 213 Å². The maximum Gasteiger partial charge on any atom is 0.490 e. The fourth-order valence-electron chi connectivity index (χ4n) is 3.30. The van der Waals surface area contributed by atoms with Crippen LogP contribution in [0.3, 0.4) is 0 Å². The standard InChI is InChI=1S/C22H19N9.C2HF3O2/c1-15-26-16(2)30(29-15)19-8-6-18(7-9-19)27-22-23-11-10-21(28-22)17-4-3-5-20(14-17)31-24-12-13-25-31;3-2(4,5)1(6)7/h3-14H,1-2H3,(H,23,27,28);(H,6,7). The molecule has 194 valence electrons. The molecule has 0 radical (unpaired) electrons. The first kappa shape index (κ1) is 25.9. The normalized spacial score (nSPS) is 11.0. The van der Waals surface area contributed by atoms with E-state index in [1.54, 1.807) is 23.4 Å². The van der Waals surface area contributed by atoms with E-state index in [1.807, 2.05) is 73.1 Å². The van der Waals surface area contributed by atoms with E-state index in [1.165, 1.54) is 0 Å². The van der Waals surface area contributed by atoms with Crippen molar-refractivity contribution in [2.45, 2.75) is 20.0 Å². The van der Waals surface area contributed by atoms with Gasteiger partial charge < -0.3 is 10.4 Å². The molecule has 2 N–H and O–H groups in total. The van der Waals surface area contributed by atoms with Crippen LogP contribution in [0.5, 0.6) is 0 Å². The molecule has 11 nitrogen and oxygen atoms in total. The molecule has 0 aliphatic heterocycles. The molecule has 0 saturated heterocycles. The summed E-state index contributed by atoms with van der Waals surface area (Å²) in [5.74, 6) is -0.646. The third kappa shape index (κ3) is 6.34. The van der Waals surface area contributed by atoms with E-state index >= 15 is 0 Å². The predicted molar refractivity (Wildman–Crippen MR) is 130 cm³/mol. The van der Waals surface area contributed by atoms with E-state index < -0.39 is 12.1 Å². The van der Waals surface area contributed by atoms with Gasteiger partial charge in [0.15, 0.2) is 0 Å². The second kappa shape index (κ2) is 10.9. The Balaban J connectivity index is 0.000000426. The van der Waals surface area contributed by atoms with Gasteiger partial charge in [-0.3, -0.25) is 0 Å². The monoisotopic (exact) mass is 523 g/mol. The number of rotatable bonds is 5. The first-order valence-electron chi connectivity index (χ1n) is 11.0. The molecular formula is C24H20F3N9O2. The maximum atomic E-state index is 10.6. The zero-order valence-electron chi connectivity index (χ0n) is 20.0. The zero-order valence-corrected chi connectivity index (χ0v) is 20.0. The lowest BCUT2D eigenvalue weighted by Crippen LogP contribution is -2.21. The van der Waals surface area contributed by atoms with Crippen LogP contribution >= 0.6 is 0 Å². The Morgan fingerprint density at radius 3 is 2.21 bits per heavy atom. The Hall–Kier alpha value is -5.14. The molecule has 14 heteroatoms. The van der Waals surface area contributed by atoms with Gasteiger partial charge in [0.2, 0.25) is 5.95 Å². The van der Waals surface area contributed by atoms with Crippen LogP contribution in [0.4, 0.5) is 24.8 Å². The SMILES string of the molecule is Cc1nc(C)n(-c2ccc(Nc3nccc(-c4cccc(-n5nccn5)c4)n3)cc2)n1.O=C(O)C(F)(F)F. The van der Waals surface area contributed by atoms with E-state index in [0.717, 1.165) is 40.0 Å². The Morgan fingerprint density at radius 2 is 1.61 bits per heavy atom. The number of aromatic nitrogens is 8. The van der Waals surface area contributed by atoms with Crippen molar-refractivity contribution < 1.29 is 23.1 Å². The molecular weight excluding hydrogens is 503 g/mol. The number of alkyl halides is 3. The summed E-state index contributed by atoms with van der Waals surface area (Å²) in [5.41, 5.74) is 4.45. The minimum absolute atomic E-state index is 0.514. The number of carboxylic acids is 1. The van der Waals surface area contributed by atoms with Gasteiger partial charge in [0.25, 0.3) is 0 Å². The quantitative estimate of drug-likeness (QED) is 0.345. The molecule has 0 spiro atoms. The largest absolute Gasteiger partial charge is 0.490 e. The first-order chi connectivity index (χ1) is 18.1. The van der Waals surface area contributed by atoms with Gasteiger partial charge in [0.1, 0.15) is 11.6 Å². The Kier molecular flexibility index (Phi) is 7.41. The molecule has 3 heterocycles. The highest BCUT2D eigenvalue weighted by molar-refractivity contribution is 5.73. The van der Waals surface area contributed by atoms with Crippen molar-refractivity contribution in [3.8, 4) is 22.6 Å². The lowest BCUT2D eigenvalue weighted by atomic mass is 10.1. The van der Waals surface area contributed by atoms with Crippen LogP contribution in [0.1, 0.15) is 11.6 Å². The third-order valence-electron chi connectivity index (χ3n) is 4.93. The van der Waals surface area contributed by atoms with Crippen LogP contribution in [-0.2, 0) is 4.79 Å². The van der Waals surface area contributed by atoms with Gasteiger partial charge in [-0.1, -0.05) is 12.1 Å². The topological polar surface area (TPSA) is 137 Å². The molecule has 3 aromatic heterocycles. The Bertz CT molecular complexity index is 1530. The van der Waals surface area contributed by atoms with Crippen molar-refractivity contribution >= 4 is 17.6 Å². The number of nitrogens with one attached hydrogen (secondary N) is 1. The number of aliphatic carboxylic acids is 1. The Morgan fingerprint density at radius 1 is 0.921 bits per heavy atom. The lowest BCUT2D eigenvalue weighted by molar-refractivity contribution is -0.192. The van der Waals surface area contributed by atoms with Gasteiger partial charge >= 0.3 is 12.1 Å². The van der Waals surface area contributed by atoms with E-state index in [-0.39, 0.29) is 0 Å². The molecule has 0 aliphatic carbocycles. The summed E-state index contributed by atoms with van der Waals surface area (Å²) in [4.78, 5) is 23.8. The minimum Gasteiger partial charge on any atom is -0.475 e. The smallest absolute Gasteiger partial charge is 0.475 e. The number of carbonyl (C=O) groups is 1. The van der Waals surface area contributed by atoms with Crippen LogP contribution in [0.2, 0.25) is 0 Å². The molecule has 5 rings (SSSR count). The fourth-order valence-corrected chi connectivity index (χ4v) is 3.30. The number of nitrogens with zero attached hydrogens (tertiary/aromatic N) is 8. The van der Waals surface area contributed by atoms with Gasteiger partial charge in [-0.25, -0.2) is 24.4 Å². The predicted octanol–water partition coefficient (Wildman–Crippen LogP) is 4.30. The number of benzene rings is 2. The van der Waals surface area contributed by atoms with Crippen LogP contribution in [-0.4, -0.2) is 57.0 Å². The third-order valence-corrected chi connectivity index (χ3v) is 4.93. The summed E-state index contributed by atoms with van der Waals surface area (Å²) in [6.45, 7) is 3.81. The number of hydrogen-bond acceptors (Lipinski definition) is 8. The average Bonchev–Trinajstić information content (AvgIpc) is 3.54. The highest BCUT2D eigenvalue weighted by Crippen LogP contribution is 2.22. The van der Waals surface area contributed by atoms with Crippen LogP contribution < -0.4 is 5.32 Å². The summed E-state index contributed by atoms with van der Waals surface area (Å²) in [6, 6.07) is 17.7. The van der Waals surface area contributed by atoms with E-state index in [2.05, 4.69) is 35.6 Å². The van der Waals surface area contributed by atoms with Crippen LogP contribution in [0.25, 0.3) is 22.6 Å². The van der Waals surface area contributed by atoms with Crippen molar-refractivity contribution in [2.24, 2.45) is 0 Å². The average molecular weight is 523 g/mol. The van der Waals surface area contributed by atoms with Crippen molar-refractivity contribution in [3.63, 3.8) is 0 Å². The second-order valence-corrected chi connectivity index (χ2v) is 7.73. The van der Waals surface area contributed by atoms with Gasteiger partial charge in [0.05, 0.1) is 29.5 Å². The molecule has 2 aromatic carbocycles. The number of aryl methyl sites for hydroxylation is 2. The molecule has 38 heavy (non-hydrogen) atoms. The fraction of sp³-hybridized carbons (Fsp3) is 0.125. The van der Waals surface area contributed by atoms with Gasteiger partial charge in [-0.15, -0.1) is 0 Å². The zero-order chi connectivity index (χ0) is 27.3. The van der Waals surface area contributed by atoms with Crippen molar-refractivity contribution in [1.29, 1.82) is 0 Å². The second-order valence-electron chi connectivity index (χ2n) is 7.73. The summed E-state index contributed by atoms with van der Waals surface area (Å²) >= 11 is 0. The number of halogens is 3. The summed E-state index contributed by atoms with van der Waals surface area (Å²) in [5, 5.41) is 23.2. The molecule has 0 amide bonds. The molecule has 5 aromatic rings. The molecule has 0 fully saturated rings. The van der Waals surface area contributed by atoms with Gasteiger partial charge in [0, 0.05) is 17.4 Å². The molecule has 0 aliphatic rings. The van der Waals surface area contributed by atoms with Gasteiger partial charge in [-0.2, -0.15) is 33.3 Å². The number of carboxylic acid groups (broad SMARTS) is 1. The van der Waals surface area contributed by atoms with E-state index in [9.17, 15) is 13.2 Å². The molecule has 0 unspecified atom stereocenters. The minimum atomic E-state index is -5.08. The van der Waals surface area contributed by atoms with E-state index in [4.69, 9.17) is 9.90 Å². The molecule has 0 bridgehead atoms. The van der Waals surface area contributed by atoms with Gasteiger partial charge in [-0.05, 0) is 56.3 Å². The molecule has 0 saturated carbocycles. The van der Waals surface area contributed by atoms with Crippen molar-refractivity contribution in [3.05, 3.63) is 84.8 Å². The van der Waals surface area contributed by atoms with Crippen molar-refractivity contribution in [2.75, 3.05) is 5.32 Å². The van der Waals surface area contributed by atoms with Crippen LogP contribution in [0.15, 0.2) is 73.2 Å². The summed E-state index contributed by atoms with van der Waals surface area (Å²) in [7, 11) is 0. The highest BCUT2D eigenvalue weighted by Gasteiger charge is 2.38. The van der Waals surface area contributed by atoms with Crippen molar-refractivity contribution in [1.82, 2.24) is 39.7 Å². The lowest BCUT2D eigenvalue weighted by Gasteiger charge is -2.09. The summed E-state index contributed by atoms with van der Waals surface area (Å²) < 4.78 is 33.6. The first-order valence-corrected chi connectivity index (χ1v) is 11.0. The molecule has 0 atom stereocenters. The highest BCUT2D eigenvalue weighted by atomic mass is 19.4. The number of hydrogen-bond donors (Lipinski definition) is 2. The maximum absolute atomic E-state index is 10.6.